The predicted octanol–water partition coefficient (Wildman–Crippen LogP) is 4.40. The highest BCUT2D eigenvalue weighted by Crippen LogP contribution is 2.34. The number of ether oxygens (including phenoxy) is 1. The van der Waals surface area contributed by atoms with Gasteiger partial charge in [0.25, 0.3) is 5.69 Å². The first-order valence-electron chi connectivity index (χ1n) is 9.65. The highest BCUT2D eigenvalue weighted by molar-refractivity contribution is 8.01. The normalized spacial score (nSPS) is 11.0. The summed E-state index contributed by atoms with van der Waals surface area (Å²) in [6, 6.07) is 11.4. The Hall–Kier alpha value is -3.44. The minimum absolute atomic E-state index is 0.0634. The van der Waals surface area contributed by atoms with Gasteiger partial charge < -0.3 is 9.72 Å². The summed E-state index contributed by atoms with van der Waals surface area (Å²) in [4.78, 5) is 43.2. The molecule has 0 amide bonds. The van der Waals surface area contributed by atoms with E-state index in [1.807, 2.05) is 36.6 Å². The van der Waals surface area contributed by atoms with Crippen LogP contribution in [0.25, 0.3) is 11.0 Å². The molecule has 2 aromatic carbocycles. The van der Waals surface area contributed by atoms with Gasteiger partial charge in [-0.15, -0.1) is 11.3 Å². The molecule has 0 saturated heterocycles. The van der Waals surface area contributed by atoms with Gasteiger partial charge in [-0.25, -0.2) is 14.6 Å². The van der Waals surface area contributed by atoms with Gasteiger partial charge in [0.2, 0.25) is 0 Å². The first-order chi connectivity index (χ1) is 15.4. The number of esters is 1. The molecule has 1 N–H and O–H groups in total. The minimum Gasteiger partial charge on any atom is -0.462 e. The van der Waals surface area contributed by atoms with Crippen LogP contribution in [-0.2, 0) is 11.3 Å². The van der Waals surface area contributed by atoms with Crippen LogP contribution in [0, 0.1) is 17.0 Å². The number of imidazole rings is 1. The van der Waals surface area contributed by atoms with Crippen molar-refractivity contribution in [2.75, 3.05) is 6.61 Å². The quantitative estimate of drug-likeness (QED) is 0.175. The van der Waals surface area contributed by atoms with Crippen molar-refractivity contribution in [3.05, 3.63) is 79.7 Å². The molecule has 11 heteroatoms. The number of nitro benzene ring substituents is 1. The molecule has 2 aromatic heterocycles. The van der Waals surface area contributed by atoms with E-state index in [1.54, 1.807) is 4.57 Å². The lowest BCUT2D eigenvalue weighted by Gasteiger charge is -2.09. The second kappa shape index (κ2) is 9.37. The van der Waals surface area contributed by atoms with E-state index in [0.29, 0.717) is 17.9 Å². The molecule has 0 fully saturated rings. The van der Waals surface area contributed by atoms with E-state index >= 15 is 0 Å². The largest absolute Gasteiger partial charge is 0.462 e. The number of nitrogens with zero attached hydrogens (tertiary/aromatic N) is 3. The van der Waals surface area contributed by atoms with Gasteiger partial charge in [-0.05, 0) is 31.5 Å². The van der Waals surface area contributed by atoms with Gasteiger partial charge in [0, 0.05) is 34.6 Å². The van der Waals surface area contributed by atoms with E-state index < -0.39 is 10.9 Å². The maximum absolute atomic E-state index is 12.7. The third kappa shape index (κ3) is 4.73. The van der Waals surface area contributed by atoms with E-state index in [1.165, 1.54) is 41.3 Å². The van der Waals surface area contributed by atoms with Crippen molar-refractivity contribution in [3.63, 3.8) is 0 Å². The fourth-order valence-electron chi connectivity index (χ4n) is 3.15. The Bertz CT molecular complexity index is 1360. The lowest BCUT2D eigenvalue weighted by atomic mass is 10.2. The van der Waals surface area contributed by atoms with Crippen LogP contribution in [0.15, 0.2) is 61.9 Å². The molecule has 0 unspecified atom stereocenters. The van der Waals surface area contributed by atoms with Crippen molar-refractivity contribution in [1.29, 1.82) is 0 Å². The van der Waals surface area contributed by atoms with E-state index in [-0.39, 0.29) is 23.5 Å². The van der Waals surface area contributed by atoms with Gasteiger partial charge in [0.15, 0.2) is 4.34 Å². The van der Waals surface area contributed by atoms with Crippen LogP contribution in [0.5, 0.6) is 0 Å². The summed E-state index contributed by atoms with van der Waals surface area (Å²) in [7, 11) is 0. The van der Waals surface area contributed by atoms with Crippen molar-refractivity contribution in [1.82, 2.24) is 14.5 Å². The lowest BCUT2D eigenvalue weighted by Crippen LogP contribution is -2.18. The third-order valence-corrected chi connectivity index (χ3v) is 6.76. The molecule has 2 heterocycles. The summed E-state index contributed by atoms with van der Waals surface area (Å²) >= 11 is 2.69. The minimum atomic E-state index is -0.657. The maximum atomic E-state index is 12.7. The van der Waals surface area contributed by atoms with Gasteiger partial charge in [-0.2, -0.15) is 0 Å². The monoisotopic (exact) mass is 470 g/mol. The number of thiazole rings is 1. The van der Waals surface area contributed by atoms with Crippen LogP contribution in [0.4, 0.5) is 5.69 Å². The highest BCUT2D eigenvalue weighted by Gasteiger charge is 2.20. The first kappa shape index (κ1) is 21.8. The summed E-state index contributed by atoms with van der Waals surface area (Å²) in [5.41, 5.74) is 2.07. The number of carbonyl (C=O) groups is 1. The average molecular weight is 471 g/mol. The van der Waals surface area contributed by atoms with Gasteiger partial charge in [0.05, 0.1) is 28.1 Å². The first-order valence-corrected chi connectivity index (χ1v) is 11.3. The highest BCUT2D eigenvalue weighted by atomic mass is 32.2. The zero-order valence-corrected chi connectivity index (χ0v) is 18.6. The molecule has 0 radical (unpaired) electrons. The summed E-state index contributed by atoms with van der Waals surface area (Å²) < 4.78 is 7.69. The van der Waals surface area contributed by atoms with Crippen LogP contribution in [0.2, 0.25) is 0 Å². The molecule has 0 saturated carbocycles. The SMILES string of the molecule is Cc1csc(Sc2ccc([N+](=O)[O-])cc2C(=O)OCCCn2c(=O)[nH]c3ccccc32)n1. The number of fused-ring (bicyclic) bond motifs is 1. The third-order valence-electron chi connectivity index (χ3n) is 4.63. The van der Waals surface area contributed by atoms with Crippen molar-refractivity contribution >= 4 is 45.8 Å². The van der Waals surface area contributed by atoms with Crippen LogP contribution >= 0.6 is 23.1 Å². The number of rotatable bonds is 8. The number of nitrogens with one attached hydrogen (secondary N) is 1. The predicted molar refractivity (Wildman–Crippen MR) is 122 cm³/mol. The number of non-ortho nitro benzene ring substituents is 1. The van der Waals surface area contributed by atoms with Gasteiger partial charge in [-0.3, -0.25) is 14.7 Å². The fraction of sp³-hybridized carbons (Fsp3) is 0.190. The van der Waals surface area contributed by atoms with E-state index in [2.05, 4.69) is 9.97 Å². The Morgan fingerprint density at radius 3 is 2.88 bits per heavy atom. The number of aryl methyl sites for hydroxylation is 2. The molecule has 0 spiro atoms. The molecule has 0 aliphatic heterocycles. The molecule has 4 rings (SSSR count). The van der Waals surface area contributed by atoms with E-state index in [0.717, 1.165) is 21.1 Å². The molecule has 0 aliphatic rings. The number of hydrogen-bond acceptors (Lipinski definition) is 8. The molecule has 164 valence electrons. The second-order valence-corrected chi connectivity index (χ2v) is 9.03. The van der Waals surface area contributed by atoms with Crippen LogP contribution in [0.3, 0.4) is 0 Å². The number of aromatic amines is 1. The molecule has 0 aliphatic carbocycles. The summed E-state index contributed by atoms with van der Waals surface area (Å²) in [5.74, 6) is -0.657. The topological polar surface area (TPSA) is 120 Å². The number of benzene rings is 2. The summed E-state index contributed by atoms with van der Waals surface area (Å²) in [6.07, 6.45) is 0.413. The number of H-pyrrole nitrogens is 1. The zero-order chi connectivity index (χ0) is 22.7. The number of carbonyl (C=O) groups excluding carboxylic acids is 1. The Morgan fingerprint density at radius 2 is 2.12 bits per heavy atom. The molecular formula is C21H18N4O5S2. The Kier molecular flexibility index (Phi) is 6.37. The second-order valence-electron chi connectivity index (χ2n) is 6.88. The number of nitro groups is 1. The number of hydrogen-bond donors (Lipinski definition) is 1. The standard InChI is InChI=1S/C21H18N4O5S2/c1-13-12-31-21(22-13)32-18-8-7-14(25(28)29)11-15(18)19(26)30-10-4-9-24-17-6-3-2-5-16(17)23-20(24)27/h2-3,5-8,11-12H,4,9-10H2,1H3,(H,23,27). The molecule has 9 nitrogen and oxygen atoms in total. The molecule has 4 aromatic rings. The summed E-state index contributed by atoms with van der Waals surface area (Å²) in [5, 5.41) is 13.1. The Balaban J connectivity index is 1.45. The number of aromatic nitrogens is 3. The van der Waals surface area contributed by atoms with Gasteiger partial charge in [-0.1, -0.05) is 23.9 Å². The fourth-order valence-corrected chi connectivity index (χ4v) is 5.04. The van der Waals surface area contributed by atoms with Crippen molar-refractivity contribution in [2.45, 2.75) is 29.1 Å². The Morgan fingerprint density at radius 1 is 1.31 bits per heavy atom. The van der Waals surface area contributed by atoms with Crippen LogP contribution in [-0.4, -0.2) is 32.0 Å². The van der Waals surface area contributed by atoms with Crippen molar-refractivity contribution in [3.8, 4) is 0 Å². The van der Waals surface area contributed by atoms with Crippen molar-refractivity contribution < 1.29 is 14.5 Å². The lowest BCUT2D eigenvalue weighted by molar-refractivity contribution is -0.384. The number of para-hydroxylation sites is 2. The molecular weight excluding hydrogens is 452 g/mol. The molecule has 0 bridgehead atoms. The van der Waals surface area contributed by atoms with Gasteiger partial charge in [0.1, 0.15) is 0 Å². The summed E-state index contributed by atoms with van der Waals surface area (Å²) in [6.45, 7) is 2.30. The maximum Gasteiger partial charge on any atom is 0.339 e. The molecule has 32 heavy (non-hydrogen) atoms. The van der Waals surface area contributed by atoms with Crippen LogP contribution in [0.1, 0.15) is 22.5 Å². The van der Waals surface area contributed by atoms with E-state index in [9.17, 15) is 19.7 Å². The van der Waals surface area contributed by atoms with Gasteiger partial charge >= 0.3 is 11.7 Å². The van der Waals surface area contributed by atoms with Crippen molar-refractivity contribution in [2.24, 2.45) is 0 Å². The Labute approximate surface area is 190 Å². The average Bonchev–Trinajstić information content (AvgIpc) is 3.33. The van der Waals surface area contributed by atoms with E-state index in [4.69, 9.17) is 4.74 Å². The molecule has 0 atom stereocenters. The van der Waals surface area contributed by atoms with Crippen LogP contribution < -0.4 is 5.69 Å². The smallest absolute Gasteiger partial charge is 0.339 e. The zero-order valence-electron chi connectivity index (χ0n) is 16.9.